The molecule has 1 aliphatic carbocycles. The summed E-state index contributed by atoms with van der Waals surface area (Å²) in [5, 5.41) is 3.67. The molecule has 0 bridgehead atoms. The van der Waals surface area contributed by atoms with Crippen molar-refractivity contribution in [2.24, 2.45) is 5.41 Å². The summed E-state index contributed by atoms with van der Waals surface area (Å²) in [6.07, 6.45) is 5.61. The molecule has 17 heavy (non-hydrogen) atoms. The molecule has 1 nitrogen and oxygen atoms in total. The second kappa shape index (κ2) is 5.68. The Morgan fingerprint density at radius 2 is 1.94 bits per heavy atom. The van der Waals surface area contributed by atoms with Crippen LogP contribution in [0.4, 0.5) is 0 Å². The first-order valence-corrected chi connectivity index (χ1v) is 7.01. The van der Waals surface area contributed by atoms with Gasteiger partial charge in [-0.2, -0.15) is 0 Å². The van der Waals surface area contributed by atoms with Crippen LogP contribution < -0.4 is 5.32 Å². The number of rotatable bonds is 7. The zero-order valence-electron chi connectivity index (χ0n) is 11.2. The topological polar surface area (TPSA) is 12.0 Å². The predicted molar refractivity (Wildman–Crippen MR) is 74.3 cm³/mol. The largest absolute Gasteiger partial charge is 0.316 e. The van der Waals surface area contributed by atoms with Crippen LogP contribution >= 0.6 is 0 Å². The lowest BCUT2D eigenvalue weighted by atomic mass is 9.99. The Morgan fingerprint density at radius 3 is 2.53 bits per heavy atom. The highest BCUT2D eigenvalue weighted by Gasteiger charge is 2.40. The predicted octanol–water partition coefficient (Wildman–Crippen LogP) is 3.96. The van der Waals surface area contributed by atoms with E-state index in [0.717, 1.165) is 6.54 Å². The van der Waals surface area contributed by atoms with Crippen molar-refractivity contribution in [1.29, 1.82) is 0 Å². The zero-order valence-corrected chi connectivity index (χ0v) is 11.2. The van der Waals surface area contributed by atoms with Gasteiger partial charge in [0.1, 0.15) is 0 Å². The van der Waals surface area contributed by atoms with Crippen molar-refractivity contribution in [3.05, 3.63) is 35.9 Å². The lowest BCUT2D eigenvalue weighted by molar-refractivity contribution is 0.415. The maximum atomic E-state index is 3.67. The summed E-state index contributed by atoms with van der Waals surface area (Å²) in [5.41, 5.74) is 2.12. The van der Waals surface area contributed by atoms with E-state index in [1.54, 1.807) is 0 Å². The minimum Gasteiger partial charge on any atom is -0.316 e. The molecule has 1 saturated carbocycles. The molecule has 0 aliphatic heterocycles. The van der Waals surface area contributed by atoms with Gasteiger partial charge in [0.2, 0.25) is 0 Å². The van der Waals surface area contributed by atoms with Crippen LogP contribution in [-0.4, -0.2) is 13.1 Å². The summed E-state index contributed by atoms with van der Waals surface area (Å²) in [6, 6.07) is 10.8. The van der Waals surface area contributed by atoms with Gasteiger partial charge in [-0.1, -0.05) is 50.6 Å². The Labute approximate surface area is 106 Å². The smallest absolute Gasteiger partial charge is 0.00177 e. The van der Waals surface area contributed by atoms with Crippen molar-refractivity contribution < 1.29 is 0 Å². The first-order valence-electron chi connectivity index (χ1n) is 7.01. The monoisotopic (exact) mass is 231 g/mol. The molecule has 0 amide bonds. The summed E-state index contributed by atoms with van der Waals surface area (Å²) in [5.74, 6) is 0.619. The van der Waals surface area contributed by atoms with Crippen LogP contribution in [0.25, 0.3) is 0 Å². The van der Waals surface area contributed by atoms with Crippen LogP contribution in [0.3, 0.4) is 0 Å². The molecule has 2 rings (SSSR count). The third-order valence-electron chi connectivity index (χ3n) is 4.06. The lowest BCUT2D eigenvalue weighted by Gasteiger charge is -2.18. The second-order valence-corrected chi connectivity index (χ2v) is 5.69. The van der Waals surface area contributed by atoms with Gasteiger partial charge in [0.25, 0.3) is 0 Å². The van der Waals surface area contributed by atoms with Gasteiger partial charge in [0, 0.05) is 13.1 Å². The molecular formula is C16H25N. The van der Waals surface area contributed by atoms with E-state index in [4.69, 9.17) is 0 Å². The second-order valence-electron chi connectivity index (χ2n) is 5.69. The molecule has 1 atom stereocenters. The lowest BCUT2D eigenvalue weighted by Crippen LogP contribution is -2.27. The summed E-state index contributed by atoms with van der Waals surface area (Å²) >= 11 is 0. The van der Waals surface area contributed by atoms with Crippen LogP contribution in [0.1, 0.15) is 51.0 Å². The van der Waals surface area contributed by atoms with E-state index < -0.39 is 0 Å². The van der Waals surface area contributed by atoms with Crippen LogP contribution in [0.15, 0.2) is 30.3 Å². The van der Waals surface area contributed by atoms with E-state index in [-0.39, 0.29) is 0 Å². The van der Waals surface area contributed by atoms with Crippen LogP contribution in [0.2, 0.25) is 0 Å². The van der Waals surface area contributed by atoms with Crippen molar-refractivity contribution in [3.63, 3.8) is 0 Å². The molecule has 0 heterocycles. The average molecular weight is 231 g/mol. The Kier molecular flexibility index (Phi) is 4.22. The van der Waals surface area contributed by atoms with E-state index in [1.165, 1.54) is 37.8 Å². The molecule has 0 spiro atoms. The first-order chi connectivity index (χ1) is 8.26. The standard InChI is InChI=1S/C16H25N/c1-3-9-16(10-11-16)13-17-12-14(2)15-7-5-4-6-8-15/h4-8,14,17H,3,9-13H2,1-2H3. The molecule has 1 N–H and O–H groups in total. The molecule has 1 heteroatoms. The fourth-order valence-corrected chi connectivity index (χ4v) is 2.68. The quantitative estimate of drug-likeness (QED) is 0.749. The van der Waals surface area contributed by atoms with Gasteiger partial charge in [-0.25, -0.2) is 0 Å². The van der Waals surface area contributed by atoms with Crippen LogP contribution in [0.5, 0.6) is 0 Å². The fourth-order valence-electron chi connectivity index (χ4n) is 2.68. The van der Waals surface area contributed by atoms with Gasteiger partial charge in [-0.05, 0) is 36.2 Å². The van der Waals surface area contributed by atoms with Gasteiger partial charge >= 0.3 is 0 Å². The van der Waals surface area contributed by atoms with Crippen molar-refractivity contribution in [2.75, 3.05) is 13.1 Å². The number of nitrogens with one attached hydrogen (secondary N) is 1. The minimum absolute atomic E-state index is 0.619. The number of benzene rings is 1. The Balaban J connectivity index is 1.72. The van der Waals surface area contributed by atoms with Crippen LogP contribution in [0, 0.1) is 5.41 Å². The van der Waals surface area contributed by atoms with Crippen molar-refractivity contribution in [3.8, 4) is 0 Å². The maximum absolute atomic E-state index is 3.67. The molecule has 0 aromatic heterocycles. The van der Waals surface area contributed by atoms with E-state index in [2.05, 4.69) is 49.5 Å². The highest BCUT2D eigenvalue weighted by molar-refractivity contribution is 5.19. The highest BCUT2D eigenvalue weighted by atomic mass is 14.9. The maximum Gasteiger partial charge on any atom is 0.00177 e. The number of hydrogen-bond donors (Lipinski definition) is 1. The van der Waals surface area contributed by atoms with Crippen molar-refractivity contribution >= 4 is 0 Å². The normalized spacial score (nSPS) is 18.9. The summed E-state index contributed by atoms with van der Waals surface area (Å²) < 4.78 is 0. The molecule has 1 fully saturated rings. The highest BCUT2D eigenvalue weighted by Crippen LogP contribution is 2.48. The zero-order chi connectivity index (χ0) is 12.1. The van der Waals surface area contributed by atoms with Crippen LogP contribution in [-0.2, 0) is 0 Å². The number of hydrogen-bond acceptors (Lipinski definition) is 1. The Bertz CT molecular complexity index is 327. The molecule has 1 aromatic carbocycles. The van der Waals surface area contributed by atoms with E-state index in [9.17, 15) is 0 Å². The minimum atomic E-state index is 0.619. The molecule has 1 unspecified atom stereocenters. The molecular weight excluding hydrogens is 206 g/mol. The van der Waals surface area contributed by atoms with E-state index in [0.29, 0.717) is 11.3 Å². The first kappa shape index (κ1) is 12.6. The van der Waals surface area contributed by atoms with Gasteiger partial charge in [0.05, 0.1) is 0 Å². The van der Waals surface area contributed by atoms with Gasteiger partial charge in [-0.15, -0.1) is 0 Å². The molecule has 1 aromatic rings. The Morgan fingerprint density at radius 1 is 1.24 bits per heavy atom. The molecule has 0 radical (unpaired) electrons. The van der Waals surface area contributed by atoms with Gasteiger partial charge < -0.3 is 5.32 Å². The summed E-state index contributed by atoms with van der Waals surface area (Å²) in [7, 11) is 0. The Hall–Kier alpha value is -0.820. The third kappa shape index (κ3) is 3.57. The van der Waals surface area contributed by atoms with E-state index >= 15 is 0 Å². The molecule has 0 saturated heterocycles. The summed E-state index contributed by atoms with van der Waals surface area (Å²) in [4.78, 5) is 0. The third-order valence-corrected chi connectivity index (χ3v) is 4.06. The van der Waals surface area contributed by atoms with Crippen molar-refractivity contribution in [2.45, 2.75) is 45.4 Å². The van der Waals surface area contributed by atoms with E-state index in [1.807, 2.05) is 0 Å². The average Bonchev–Trinajstić information content (AvgIpc) is 3.11. The molecule has 94 valence electrons. The molecule has 1 aliphatic rings. The summed E-state index contributed by atoms with van der Waals surface area (Å²) in [6.45, 7) is 6.93. The van der Waals surface area contributed by atoms with Crippen molar-refractivity contribution in [1.82, 2.24) is 5.32 Å². The SMILES string of the molecule is CCCC1(CNCC(C)c2ccccc2)CC1. The fraction of sp³-hybridized carbons (Fsp3) is 0.625. The van der Waals surface area contributed by atoms with Gasteiger partial charge in [-0.3, -0.25) is 0 Å². The van der Waals surface area contributed by atoms with Gasteiger partial charge in [0.15, 0.2) is 0 Å².